The highest BCUT2D eigenvalue weighted by Crippen LogP contribution is 2.21. The number of unbranched alkanes of at least 4 members (excludes halogenated alkanes) is 4. The van der Waals surface area contributed by atoms with Crippen LogP contribution in [-0.2, 0) is 0 Å². The first kappa shape index (κ1) is 14.2. The SMILES string of the molecule is CCCCCCCC(O)c1cc(C)nc(C)c1. The van der Waals surface area contributed by atoms with Crippen LogP contribution in [0, 0.1) is 13.8 Å². The molecular weight excluding hydrogens is 210 g/mol. The number of rotatable bonds is 7. The fraction of sp³-hybridized carbons (Fsp3) is 0.667. The molecule has 0 aromatic carbocycles. The van der Waals surface area contributed by atoms with Gasteiger partial charge in [-0.15, -0.1) is 0 Å². The van der Waals surface area contributed by atoms with Crippen molar-refractivity contribution < 1.29 is 5.11 Å². The molecule has 0 fully saturated rings. The quantitative estimate of drug-likeness (QED) is 0.722. The third-order valence-electron chi connectivity index (χ3n) is 3.07. The number of aryl methyl sites for hydroxylation is 2. The van der Waals surface area contributed by atoms with E-state index in [1.807, 2.05) is 26.0 Å². The molecule has 0 saturated heterocycles. The molecule has 1 aromatic rings. The normalized spacial score (nSPS) is 12.7. The molecule has 17 heavy (non-hydrogen) atoms. The maximum absolute atomic E-state index is 10.1. The van der Waals surface area contributed by atoms with Gasteiger partial charge in [0, 0.05) is 11.4 Å². The van der Waals surface area contributed by atoms with Crippen LogP contribution < -0.4 is 0 Å². The first-order chi connectivity index (χ1) is 8.13. The van der Waals surface area contributed by atoms with Crippen LogP contribution in [0.5, 0.6) is 0 Å². The van der Waals surface area contributed by atoms with Gasteiger partial charge in [-0.3, -0.25) is 4.98 Å². The van der Waals surface area contributed by atoms with E-state index in [1.54, 1.807) is 0 Å². The van der Waals surface area contributed by atoms with E-state index in [9.17, 15) is 5.11 Å². The standard InChI is InChI=1S/C15H25NO/c1-4-5-6-7-8-9-15(17)14-10-12(2)16-13(3)11-14/h10-11,15,17H,4-9H2,1-3H3. The number of aliphatic hydroxyl groups is 1. The van der Waals surface area contributed by atoms with Crippen molar-refractivity contribution in [3.05, 3.63) is 29.1 Å². The molecular formula is C15H25NO. The maximum atomic E-state index is 10.1. The summed E-state index contributed by atoms with van der Waals surface area (Å²) >= 11 is 0. The summed E-state index contributed by atoms with van der Waals surface area (Å²) in [6.45, 7) is 6.17. The van der Waals surface area contributed by atoms with Crippen LogP contribution in [0.2, 0.25) is 0 Å². The highest BCUT2D eigenvalue weighted by atomic mass is 16.3. The highest BCUT2D eigenvalue weighted by molar-refractivity contribution is 5.22. The van der Waals surface area contributed by atoms with Gasteiger partial charge in [-0.1, -0.05) is 39.0 Å². The summed E-state index contributed by atoms with van der Waals surface area (Å²) < 4.78 is 0. The minimum Gasteiger partial charge on any atom is -0.388 e. The van der Waals surface area contributed by atoms with Crippen molar-refractivity contribution in [2.24, 2.45) is 0 Å². The topological polar surface area (TPSA) is 33.1 Å². The van der Waals surface area contributed by atoms with Gasteiger partial charge in [0.2, 0.25) is 0 Å². The summed E-state index contributed by atoms with van der Waals surface area (Å²) in [7, 11) is 0. The molecule has 0 aliphatic rings. The van der Waals surface area contributed by atoms with Crippen LogP contribution >= 0.6 is 0 Å². The number of hydrogen-bond donors (Lipinski definition) is 1. The van der Waals surface area contributed by atoms with Gasteiger partial charge in [-0.05, 0) is 38.0 Å². The molecule has 1 aromatic heterocycles. The highest BCUT2D eigenvalue weighted by Gasteiger charge is 2.08. The second-order valence-corrected chi connectivity index (χ2v) is 4.90. The Morgan fingerprint density at radius 1 is 1.06 bits per heavy atom. The molecule has 0 bridgehead atoms. The third-order valence-corrected chi connectivity index (χ3v) is 3.07. The van der Waals surface area contributed by atoms with Crippen LogP contribution in [-0.4, -0.2) is 10.1 Å². The van der Waals surface area contributed by atoms with Crippen molar-refractivity contribution in [1.82, 2.24) is 4.98 Å². The van der Waals surface area contributed by atoms with E-state index in [2.05, 4.69) is 11.9 Å². The molecule has 0 aliphatic carbocycles. The summed E-state index contributed by atoms with van der Waals surface area (Å²) in [5.41, 5.74) is 3.00. The van der Waals surface area contributed by atoms with Crippen LogP contribution in [0.4, 0.5) is 0 Å². The Morgan fingerprint density at radius 3 is 2.24 bits per heavy atom. The van der Waals surface area contributed by atoms with E-state index < -0.39 is 0 Å². The number of nitrogens with zero attached hydrogens (tertiary/aromatic N) is 1. The lowest BCUT2D eigenvalue weighted by atomic mass is 10.0. The first-order valence-electron chi connectivity index (χ1n) is 6.76. The number of pyridine rings is 1. The van der Waals surface area contributed by atoms with E-state index in [0.717, 1.165) is 29.8 Å². The van der Waals surface area contributed by atoms with Gasteiger partial charge in [0.1, 0.15) is 0 Å². The van der Waals surface area contributed by atoms with Crippen molar-refractivity contribution in [3.63, 3.8) is 0 Å². The molecule has 2 nitrogen and oxygen atoms in total. The predicted molar refractivity (Wildman–Crippen MR) is 72.0 cm³/mol. The summed E-state index contributed by atoms with van der Waals surface area (Å²) in [6, 6.07) is 3.98. The van der Waals surface area contributed by atoms with Gasteiger partial charge in [0.05, 0.1) is 6.10 Å². The van der Waals surface area contributed by atoms with Crippen molar-refractivity contribution >= 4 is 0 Å². The summed E-state index contributed by atoms with van der Waals surface area (Å²) in [4.78, 5) is 4.33. The molecule has 0 aliphatic heterocycles. The zero-order chi connectivity index (χ0) is 12.7. The fourth-order valence-corrected chi connectivity index (χ4v) is 2.17. The molecule has 2 heteroatoms. The predicted octanol–water partition coefficient (Wildman–Crippen LogP) is 4.09. The monoisotopic (exact) mass is 235 g/mol. The minimum absolute atomic E-state index is 0.322. The van der Waals surface area contributed by atoms with Crippen molar-refractivity contribution in [2.75, 3.05) is 0 Å². The number of aromatic nitrogens is 1. The van der Waals surface area contributed by atoms with Crippen LogP contribution in [0.3, 0.4) is 0 Å². The van der Waals surface area contributed by atoms with Gasteiger partial charge < -0.3 is 5.11 Å². The second-order valence-electron chi connectivity index (χ2n) is 4.90. The molecule has 1 rings (SSSR count). The van der Waals surface area contributed by atoms with Gasteiger partial charge >= 0.3 is 0 Å². The minimum atomic E-state index is -0.322. The average molecular weight is 235 g/mol. The van der Waals surface area contributed by atoms with Crippen LogP contribution in [0.1, 0.15) is 68.5 Å². The van der Waals surface area contributed by atoms with Gasteiger partial charge in [-0.2, -0.15) is 0 Å². The number of aliphatic hydroxyl groups excluding tert-OH is 1. The van der Waals surface area contributed by atoms with Gasteiger partial charge in [-0.25, -0.2) is 0 Å². The Bertz CT molecular complexity index is 315. The van der Waals surface area contributed by atoms with Crippen molar-refractivity contribution in [2.45, 2.75) is 65.4 Å². The Morgan fingerprint density at radius 2 is 1.65 bits per heavy atom. The molecule has 0 spiro atoms. The summed E-state index contributed by atoms with van der Waals surface area (Å²) in [5.74, 6) is 0. The molecule has 0 radical (unpaired) electrons. The van der Waals surface area contributed by atoms with E-state index in [4.69, 9.17) is 0 Å². The molecule has 1 atom stereocenters. The van der Waals surface area contributed by atoms with Crippen molar-refractivity contribution in [1.29, 1.82) is 0 Å². The molecule has 1 heterocycles. The lowest BCUT2D eigenvalue weighted by Crippen LogP contribution is -2.00. The van der Waals surface area contributed by atoms with E-state index in [0.29, 0.717) is 0 Å². The second kappa shape index (κ2) is 7.44. The Balaban J connectivity index is 2.38. The van der Waals surface area contributed by atoms with Crippen molar-refractivity contribution in [3.8, 4) is 0 Å². The molecule has 1 N–H and O–H groups in total. The van der Waals surface area contributed by atoms with Gasteiger partial charge in [0.25, 0.3) is 0 Å². The largest absolute Gasteiger partial charge is 0.388 e. The smallest absolute Gasteiger partial charge is 0.0791 e. The Kier molecular flexibility index (Phi) is 6.20. The molecule has 0 saturated carbocycles. The molecule has 1 unspecified atom stereocenters. The third kappa shape index (κ3) is 5.31. The summed E-state index contributed by atoms with van der Waals surface area (Å²) in [6.07, 6.45) is 6.76. The van der Waals surface area contributed by atoms with E-state index >= 15 is 0 Å². The Labute approximate surface area is 105 Å². The average Bonchev–Trinajstić information content (AvgIpc) is 2.27. The Hall–Kier alpha value is -0.890. The lowest BCUT2D eigenvalue weighted by molar-refractivity contribution is 0.163. The maximum Gasteiger partial charge on any atom is 0.0791 e. The fourth-order valence-electron chi connectivity index (χ4n) is 2.17. The summed E-state index contributed by atoms with van der Waals surface area (Å²) in [5, 5.41) is 10.1. The van der Waals surface area contributed by atoms with E-state index in [1.165, 1.54) is 25.7 Å². The van der Waals surface area contributed by atoms with Crippen LogP contribution in [0.25, 0.3) is 0 Å². The number of hydrogen-bond acceptors (Lipinski definition) is 2. The zero-order valence-corrected chi connectivity index (χ0v) is 11.4. The first-order valence-corrected chi connectivity index (χ1v) is 6.76. The van der Waals surface area contributed by atoms with Crippen LogP contribution in [0.15, 0.2) is 12.1 Å². The zero-order valence-electron chi connectivity index (χ0n) is 11.4. The lowest BCUT2D eigenvalue weighted by Gasteiger charge is -2.12. The molecule has 0 amide bonds. The molecule has 96 valence electrons. The van der Waals surface area contributed by atoms with E-state index in [-0.39, 0.29) is 6.10 Å². The van der Waals surface area contributed by atoms with Gasteiger partial charge in [0.15, 0.2) is 0 Å².